The van der Waals surface area contributed by atoms with Crippen molar-refractivity contribution in [2.75, 3.05) is 7.11 Å². The van der Waals surface area contributed by atoms with Gasteiger partial charge in [0.15, 0.2) is 17.6 Å². The molecule has 1 aromatic rings. The van der Waals surface area contributed by atoms with Crippen molar-refractivity contribution in [2.24, 2.45) is 0 Å². The normalized spacial score (nSPS) is 15.5. The molecule has 1 atom stereocenters. The highest BCUT2D eigenvalue weighted by molar-refractivity contribution is 6.30. The molecule has 108 valence electrons. The Morgan fingerprint density at radius 3 is 2.80 bits per heavy atom. The second-order valence-corrected chi connectivity index (χ2v) is 5.33. The molecule has 0 spiro atoms. The molecule has 0 aliphatic heterocycles. The number of hydrogen-bond donors (Lipinski definition) is 1. The summed E-state index contributed by atoms with van der Waals surface area (Å²) in [4.78, 5) is 0. The lowest BCUT2D eigenvalue weighted by atomic mass is 10.1. The molecule has 0 amide bonds. The van der Waals surface area contributed by atoms with Crippen LogP contribution in [0.25, 0.3) is 0 Å². The molecular formula is C15H19ClN2O2. The highest BCUT2D eigenvalue weighted by Gasteiger charge is 2.22. The summed E-state index contributed by atoms with van der Waals surface area (Å²) < 4.78 is 11.1. The van der Waals surface area contributed by atoms with Crippen molar-refractivity contribution in [1.82, 2.24) is 5.32 Å². The van der Waals surface area contributed by atoms with Crippen molar-refractivity contribution in [3.8, 4) is 17.6 Å². The topological polar surface area (TPSA) is 54.3 Å². The molecule has 1 saturated carbocycles. The highest BCUT2D eigenvalue weighted by Crippen LogP contribution is 2.36. The third-order valence-corrected chi connectivity index (χ3v) is 3.47. The summed E-state index contributed by atoms with van der Waals surface area (Å²) >= 11 is 6.11. The van der Waals surface area contributed by atoms with Gasteiger partial charge in [-0.2, -0.15) is 5.26 Å². The molecule has 0 saturated heterocycles. The van der Waals surface area contributed by atoms with Gasteiger partial charge in [-0.1, -0.05) is 18.5 Å². The van der Waals surface area contributed by atoms with Crippen molar-refractivity contribution in [3.05, 3.63) is 22.7 Å². The van der Waals surface area contributed by atoms with E-state index < -0.39 is 6.10 Å². The van der Waals surface area contributed by atoms with Gasteiger partial charge in [0, 0.05) is 29.2 Å². The molecule has 0 heterocycles. The second kappa shape index (κ2) is 6.83. The van der Waals surface area contributed by atoms with E-state index in [1.807, 2.05) is 13.0 Å². The predicted octanol–water partition coefficient (Wildman–Crippen LogP) is 3.28. The van der Waals surface area contributed by atoms with Crippen LogP contribution in [-0.2, 0) is 6.54 Å². The Kier molecular flexibility index (Phi) is 5.11. The average molecular weight is 295 g/mol. The molecular weight excluding hydrogens is 276 g/mol. The fraction of sp³-hybridized carbons (Fsp3) is 0.533. The minimum absolute atomic E-state index is 0.482. The Morgan fingerprint density at radius 1 is 1.50 bits per heavy atom. The first-order valence-electron chi connectivity index (χ1n) is 6.84. The molecule has 0 radical (unpaired) electrons. The van der Waals surface area contributed by atoms with Crippen LogP contribution in [0.1, 0.15) is 31.7 Å². The smallest absolute Gasteiger partial charge is 0.184 e. The Balaban J connectivity index is 2.25. The zero-order chi connectivity index (χ0) is 14.5. The van der Waals surface area contributed by atoms with E-state index in [4.69, 9.17) is 26.3 Å². The van der Waals surface area contributed by atoms with E-state index in [9.17, 15) is 0 Å². The van der Waals surface area contributed by atoms with Gasteiger partial charge in [-0.3, -0.25) is 0 Å². The van der Waals surface area contributed by atoms with Crippen molar-refractivity contribution in [3.63, 3.8) is 0 Å². The second-order valence-electron chi connectivity index (χ2n) is 4.90. The van der Waals surface area contributed by atoms with Crippen LogP contribution in [0.15, 0.2) is 12.1 Å². The molecule has 1 fully saturated rings. The van der Waals surface area contributed by atoms with E-state index in [2.05, 4.69) is 11.4 Å². The molecule has 5 heteroatoms. The van der Waals surface area contributed by atoms with Crippen LogP contribution in [0.4, 0.5) is 0 Å². The maximum absolute atomic E-state index is 9.07. The van der Waals surface area contributed by atoms with Crippen molar-refractivity contribution in [2.45, 2.75) is 44.9 Å². The number of nitrogens with one attached hydrogen (secondary N) is 1. The summed E-state index contributed by atoms with van der Waals surface area (Å²) in [5, 5.41) is 13.1. The summed E-state index contributed by atoms with van der Waals surface area (Å²) in [6.07, 6.45) is 2.57. The van der Waals surface area contributed by atoms with Gasteiger partial charge >= 0.3 is 0 Å². The first kappa shape index (κ1) is 15.0. The lowest BCUT2D eigenvalue weighted by Gasteiger charge is -2.18. The summed E-state index contributed by atoms with van der Waals surface area (Å²) in [5.41, 5.74) is 0.926. The van der Waals surface area contributed by atoms with E-state index in [-0.39, 0.29) is 0 Å². The summed E-state index contributed by atoms with van der Waals surface area (Å²) in [7, 11) is 1.57. The third-order valence-electron chi connectivity index (χ3n) is 3.25. The van der Waals surface area contributed by atoms with Crippen molar-refractivity contribution < 1.29 is 9.47 Å². The van der Waals surface area contributed by atoms with Crippen LogP contribution in [0.3, 0.4) is 0 Å². The zero-order valence-electron chi connectivity index (χ0n) is 11.8. The third kappa shape index (κ3) is 3.78. The predicted molar refractivity (Wildman–Crippen MR) is 78.2 cm³/mol. The number of halogens is 1. The molecule has 1 aliphatic carbocycles. The zero-order valence-corrected chi connectivity index (χ0v) is 12.5. The van der Waals surface area contributed by atoms with E-state index in [1.54, 1.807) is 13.2 Å². The van der Waals surface area contributed by atoms with Crippen molar-refractivity contribution >= 4 is 11.6 Å². The van der Waals surface area contributed by atoms with Gasteiger partial charge < -0.3 is 14.8 Å². The first-order chi connectivity index (χ1) is 9.67. The van der Waals surface area contributed by atoms with Crippen LogP contribution in [0, 0.1) is 11.3 Å². The van der Waals surface area contributed by atoms with Crippen LogP contribution >= 0.6 is 11.6 Å². The van der Waals surface area contributed by atoms with Gasteiger partial charge in [-0.15, -0.1) is 0 Å². The number of methoxy groups -OCH3 is 1. The standard InChI is InChI=1S/C15H19ClN2O2/c1-3-13(8-17)20-15-10(9-18-12-4-5-12)6-11(16)7-14(15)19-2/h6-7,12-13,18H,3-5,9H2,1-2H3. The number of rotatable bonds is 7. The van der Waals surface area contributed by atoms with Gasteiger partial charge in [0.05, 0.1) is 7.11 Å². The number of hydrogen-bond acceptors (Lipinski definition) is 4. The first-order valence-corrected chi connectivity index (χ1v) is 7.21. The SMILES string of the molecule is CCC(C#N)Oc1c(CNC2CC2)cc(Cl)cc1OC. The Morgan fingerprint density at radius 2 is 2.25 bits per heavy atom. The fourth-order valence-corrected chi connectivity index (χ4v) is 2.16. The monoisotopic (exact) mass is 294 g/mol. The van der Waals surface area contributed by atoms with Crippen LogP contribution in [0.5, 0.6) is 11.5 Å². The van der Waals surface area contributed by atoms with E-state index in [0.717, 1.165) is 5.56 Å². The molecule has 4 nitrogen and oxygen atoms in total. The van der Waals surface area contributed by atoms with E-state index in [0.29, 0.717) is 35.5 Å². The molecule has 2 rings (SSSR count). The van der Waals surface area contributed by atoms with Crippen LogP contribution < -0.4 is 14.8 Å². The molecule has 20 heavy (non-hydrogen) atoms. The molecule has 0 bridgehead atoms. The molecule has 1 N–H and O–H groups in total. The van der Waals surface area contributed by atoms with Crippen LogP contribution in [-0.4, -0.2) is 19.3 Å². The van der Waals surface area contributed by atoms with Gasteiger partial charge in [0.2, 0.25) is 0 Å². The quantitative estimate of drug-likeness (QED) is 0.838. The van der Waals surface area contributed by atoms with Crippen LogP contribution in [0.2, 0.25) is 5.02 Å². The number of nitrogens with zero attached hydrogens (tertiary/aromatic N) is 1. The molecule has 0 aromatic heterocycles. The Hall–Kier alpha value is -1.44. The van der Waals surface area contributed by atoms with Crippen molar-refractivity contribution in [1.29, 1.82) is 5.26 Å². The summed E-state index contributed by atoms with van der Waals surface area (Å²) in [6.45, 7) is 2.58. The minimum Gasteiger partial charge on any atom is -0.493 e. The maximum atomic E-state index is 9.07. The average Bonchev–Trinajstić information content (AvgIpc) is 3.27. The van der Waals surface area contributed by atoms with Gasteiger partial charge in [-0.05, 0) is 25.3 Å². The number of nitriles is 1. The minimum atomic E-state index is -0.482. The van der Waals surface area contributed by atoms with E-state index in [1.165, 1.54) is 12.8 Å². The highest BCUT2D eigenvalue weighted by atomic mass is 35.5. The Labute approximate surface area is 124 Å². The maximum Gasteiger partial charge on any atom is 0.184 e. The summed E-state index contributed by atoms with van der Waals surface area (Å²) in [5.74, 6) is 1.18. The fourth-order valence-electron chi connectivity index (χ4n) is 1.92. The lowest BCUT2D eigenvalue weighted by molar-refractivity contribution is 0.236. The molecule has 1 aliphatic rings. The molecule has 1 unspecified atom stereocenters. The molecule has 1 aromatic carbocycles. The van der Waals surface area contributed by atoms with E-state index >= 15 is 0 Å². The van der Waals surface area contributed by atoms with Gasteiger partial charge in [0.25, 0.3) is 0 Å². The largest absolute Gasteiger partial charge is 0.493 e. The summed E-state index contributed by atoms with van der Waals surface area (Å²) in [6, 6.07) is 6.30. The Bertz CT molecular complexity index is 509. The lowest BCUT2D eigenvalue weighted by Crippen LogP contribution is -2.19. The number of benzene rings is 1. The van der Waals surface area contributed by atoms with Gasteiger partial charge in [0.1, 0.15) is 6.07 Å². The van der Waals surface area contributed by atoms with Gasteiger partial charge in [-0.25, -0.2) is 0 Å². The number of ether oxygens (including phenoxy) is 2.